The molecule has 2 N–H and O–H groups in total. The van der Waals surface area contributed by atoms with E-state index in [0.29, 0.717) is 5.56 Å². The Labute approximate surface area is 152 Å². The van der Waals surface area contributed by atoms with E-state index in [0.717, 1.165) is 0 Å². The molecule has 26 heavy (non-hydrogen) atoms. The Kier molecular flexibility index (Phi) is 4.79. The minimum Gasteiger partial charge on any atom is -0.459 e. The highest BCUT2D eigenvalue weighted by Crippen LogP contribution is 2.39. The molecule has 2 unspecified atom stereocenters. The first-order valence-corrected chi connectivity index (χ1v) is 8.59. The number of β-lactam (4-membered cyclic amide) rings is 1. The van der Waals surface area contributed by atoms with Gasteiger partial charge in [-0.15, -0.1) is 11.8 Å². The summed E-state index contributed by atoms with van der Waals surface area (Å²) < 4.78 is 5.24. The number of benzene rings is 1. The lowest BCUT2D eigenvalue weighted by Gasteiger charge is -2.50. The zero-order valence-corrected chi connectivity index (χ0v) is 14.5. The van der Waals surface area contributed by atoms with Gasteiger partial charge in [0.15, 0.2) is 11.8 Å². The van der Waals surface area contributed by atoms with Gasteiger partial charge in [0.05, 0.1) is 4.92 Å². The van der Waals surface area contributed by atoms with Crippen molar-refractivity contribution in [1.82, 2.24) is 4.90 Å². The van der Waals surface area contributed by atoms with Crippen LogP contribution in [0.25, 0.3) is 0 Å². The predicted octanol–water partition coefficient (Wildman–Crippen LogP) is 0.722. The van der Waals surface area contributed by atoms with Crippen molar-refractivity contribution in [2.45, 2.75) is 31.0 Å². The number of hydrogen-bond acceptors (Lipinski definition) is 8. The minimum atomic E-state index is -1.12. The van der Waals surface area contributed by atoms with Crippen molar-refractivity contribution in [2.75, 3.05) is 0 Å². The molecule has 0 spiro atoms. The average molecular weight is 377 g/mol. The summed E-state index contributed by atoms with van der Waals surface area (Å²) in [5.41, 5.74) is 6.38. The summed E-state index contributed by atoms with van der Waals surface area (Å²) in [7, 11) is 0. The summed E-state index contributed by atoms with van der Waals surface area (Å²) in [4.78, 5) is 47.8. The van der Waals surface area contributed by atoms with Gasteiger partial charge < -0.3 is 15.4 Å². The summed E-state index contributed by atoms with van der Waals surface area (Å²) in [6, 6.07) is 3.71. The molecule has 0 aromatic heterocycles. The van der Waals surface area contributed by atoms with Crippen molar-refractivity contribution in [1.29, 1.82) is 0 Å². The number of nitrogens with zero attached hydrogens (tertiary/aromatic N) is 2. The molecule has 1 amide bonds. The van der Waals surface area contributed by atoms with Crippen LogP contribution in [-0.4, -0.2) is 44.9 Å². The molecule has 3 rings (SSSR count). The van der Waals surface area contributed by atoms with E-state index in [1.165, 1.54) is 47.9 Å². The first kappa shape index (κ1) is 18.1. The maximum absolute atomic E-state index is 12.5. The summed E-state index contributed by atoms with van der Waals surface area (Å²) >= 11 is 1.23. The van der Waals surface area contributed by atoms with Crippen LogP contribution in [0.5, 0.6) is 0 Å². The topological polar surface area (TPSA) is 133 Å². The van der Waals surface area contributed by atoms with Gasteiger partial charge in [0.2, 0.25) is 5.91 Å². The zero-order chi connectivity index (χ0) is 19.0. The molecule has 0 bridgehead atoms. The van der Waals surface area contributed by atoms with E-state index in [9.17, 15) is 24.5 Å². The van der Waals surface area contributed by atoms with E-state index in [1.807, 2.05) is 0 Å². The maximum Gasteiger partial charge on any atom is 0.334 e. The van der Waals surface area contributed by atoms with Crippen molar-refractivity contribution in [2.24, 2.45) is 5.73 Å². The number of carbonyl (C=O) groups excluding carboxylic acids is 3. The molecule has 2 heterocycles. The van der Waals surface area contributed by atoms with Gasteiger partial charge in [-0.25, -0.2) is 4.79 Å². The third-order valence-corrected chi connectivity index (χ3v) is 5.38. The molecular weight excluding hydrogens is 362 g/mol. The number of Topliss-reactive ketones (excluding diaryl/α,β-unsaturated/α-hetero) is 1. The third kappa shape index (κ3) is 3.08. The van der Waals surface area contributed by atoms with Crippen LogP contribution < -0.4 is 5.73 Å². The Morgan fingerprint density at radius 3 is 2.58 bits per heavy atom. The molecule has 1 aromatic carbocycles. The predicted molar refractivity (Wildman–Crippen MR) is 91.6 cm³/mol. The fourth-order valence-corrected chi connectivity index (χ4v) is 3.98. The molecule has 0 saturated carbocycles. The first-order valence-electron chi connectivity index (χ1n) is 7.65. The normalized spacial score (nSPS) is 24.2. The number of nitro benzene ring substituents is 1. The van der Waals surface area contributed by atoms with Gasteiger partial charge >= 0.3 is 5.97 Å². The molecular formula is C16H15N3O6S. The van der Waals surface area contributed by atoms with Gasteiger partial charge in [-0.05, 0) is 30.0 Å². The molecule has 1 aromatic rings. The lowest BCUT2D eigenvalue weighted by atomic mass is 9.96. The smallest absolute Gasteiger partial charge is 0.334 e. The number of fused-ring (bicyclic) bond motifs is 1. The number of carbonyl (C=O) groups is 3. The molecule has 1 fully saturated rings. The number of esters is 1. The van der Waals surface area contributed by atoms with Crippen molar-refractivity contribution in [3.8, 4) is 0 Å². The summed E-state index contributed by atoms with van der Waals surface area (Å²) in [6.45, 7) is 1.18. The van der Waals surface area contributed by atoms with E-state index >= 15 is 0 Å². The third-order valence-electron chi connectivity index (χ3n) is 4.19. The Morgan fingerprint density at radius 2 is 2.00 bits per heavy atom. The SMILES string of the molecule is CC(=O)C1=CS[C@H]2C(N)C(=O)N2C1C(=O)OCc1ccc([N+](=O)[O-])cc1. The van der Waals surface area contributed by atoms with Crippen LogP contribution in [0.15, 0.2) is 35.2 Å². The largest absolute Gasteiger partial charge is 0.459 e. The second-order valence-electron chi connectivity index (χ2n) is 5.86. The quantitative estimate of drug-likeness (QED) is 0.343. The van der Waals surface area contributed by atoms with Gasteiger partial charge in [-0.2, -0.15) is 0 Å². The molecule has 2 aliphatic rings. The van der Waals surface area contributed by atoms with E-state index in [1.54, 1.807) is 5.41 Å². The number of ether oxygens (including phenoxy) is 1. The Morgan fingerprint density at radius 1 is 1.35 bits per heavy atom. The number of rotatable bonds is 5. The van der Waals surface area contributed by atoms with Crippen molar-refractivity contribution in [3.63, 3.8) is 0 Å². The van der Waals surface area contributed by atoms with Gasteiger partial charge in [0, 0.05) is 17.7 Å². The fourth-order valence-electron chi connectivity index (χ4n) is 2.76. The number of hydrogen-bond donors (Lipinski definition) is 1. The molecule has 0 radical (unpaired) electrons. The first-order chi connectivity index (χ1) is 12.3. The van der Waals surface area contributed by atoms with Gasteiger partial charge in [-0.3, -0.25) is 19.7 Å². The van der Waals surface area contributed by atoms with Crippen LogP contribution in [0, 0.1) is 10.1 Å². The molecule has 1 saturated heterocycles. The van der Waals surface area contributed by atoms with Crippen LogP contribution in [0.3, 0.4) is 0 Å². The van der Waals surface area contributed by atoms with Crippen molar-refractivity contribution >= 4 is 35.1 Å². The molecule has 136 valence electrons. The Hall–Kier alpha value is -2.72. The number of amides is 1. The lowest BCUT2D eigenvalue weighted by Crippen LogP contribution is -2.72. The second-order valence-corrected chi connectivity index (χ2v) is 6.85. The molecule has 10 heteroatoms. The Balaban J connectivity index is 1.73. The highest BCUT2D eigenvalue weighted by Gasteiger charge is 2.54. The minimum absolute atomic E-state index is 0.0748. The van der Waals surface area contributed by atoms with E-state index in [-0.39, 0.29) is 23.7 Å². The van der Waals surface area contributed by atoms with Gasteiger partial charge in [-0.1, -0.05) is 0 Å². The van der Waals surface area contributed by atoms with Crippen LogP contribution >= 0.6 is 11.8 Å². The summed E-state index contributed by atoms with van der Waals surface area (Å²) in [6.07, 6.45) is 0. The van der Waals surface area contributed by atoms with Crippen LogP contribution in [0.2, 0.25) is 0 Å². The summed E-state index contributed by atoms with van der Waals surface area (Å²) in [5.74, 6) is -1.48. The van der Waals surface area contributed by atoms with Crippen LogP contribution in [0.4, 0.5) is 5.69 Å². The molecule has 2 aliphatic heterocycles. The highest BCUT2D eigenvalue weighted by molar-refractivity contribution is 8.03. The number of nitrogens with two attached hydrogens (primary N) is 1. The van der Waals surface area contributed by atoms with Gasteiger partial charge in [0.1, 0.15) is 18.0 Å². The highest BCUT2D eigenvalue weighted by atomic mass is 32.2. The number of non-ortho nitro benzene ring substituents is 1. The van der Waals surface area contributed by atoms with Crippen LogP contribution in [0.1, 0.15) is 12.5 Å². The molecule has 3 atom stereocenters. The van der Waals surface area contributed by atoms with E-state index < -0.39 is 34.3 Å². The van der Waals surface area contributed by atoms with Crippen molar-refractivity contribution in [3.05, 3.63) is 50.9 Å². The lowest BCUT2D eigenvalue weighted by molar-refractivity contribution is -0.384. The monoisotopic (exact) mass is 377 g/mol. The van der Waals surface area contributed by atoms with E-state index in [2.05, 4.69) is 0 Å². The molecule has 9 nitrogen and oxygen atoms in total. The van der Waals surface area contributed by atoms with Crippen LogP contribution in [-0.2, 0) is 25.7 Å². The number of ketones is 1. The average Bonchev–Trinajstić information content (AvgIpc) is 2.64. The summed E-state index contributed by atoms with van der Waals surface area (Å²) in [5, 5.41) is 11.8. The zero-order valence-electron chi connectivity index (χ0n) is 13.7. The standard InChI is InChI=1S/C16H15N3O6S/c1-8(20)11-7-26-15-12(17)14(21)18(15)13(11)16(22)25-6-9-2-4-10(5-3-9)19(23)24/h2-5,7,12-13,15H,6,17H2,1H3/t12?,13?,15-/m0/s1. The Bertz CT molecular complexity index is 822. The molecule has 0 aliphatic carbocycles. The van der Waals surface area contributed by atoms with Gasteiger partial charge in [0.25, 0.3) is 5.69 Å². The van der Waals surface area contributed by atoms with E-state index in [4.69, 9.17) is 10.5 Å². The van der Waals surface area contributed by atoms with Crippen molar-refractivity contribution < 1.29 is 24.0 Å². The second kappa shape index (κ2) is 6.89. The number of nitro groups is 1. The fraction of sp³-hybridized carbons (Fsp3) is 0.312. The number of thioether (sulfide) groups is 1. The maximum atomic E-state index is 12.5.